The number of ether oxygens (including phenoxy) is 2. The third kappa shape index (κ3) is 3.67. The summed E-state index contributed by atoms with van der Waals surface area (Å²) in [5.41, 5.74) is 2.01. The van der Waals surface area contributed by atoms with Crippen LogP contribution in [-0.2, 0) is 0 Å². The molecule has 10 heteroatoms. The molecule has 0 amide bonds. The monoisotopic (exact) mass is 464 g/mol. The second kappa shape index (κ2) is 8.35. The Hall–Kier alpha value is -3.53. The second-order valence-corrected chi connectivity index (χ2v) is 9.07. The van der Waals surface area contributed by atoms with Gasteiger partial charge >= 0.3 is 0 Å². The summed E-state index contributed by atoms with van der Waals surface area (Å²) in [5.74, 6) is 1.86. The average molecular weight is 465 g/mol. The van der Waals surface area contributed by atoms with Crippen LogP contribution in [0.15, 0.2) is 36.7 Å². The number of nitrogens with zero attached hydrogens (tertiary/aromatic N) is 5. The zero-order valence-electron chi connectivity index (χ0n) is 18.7. The minimum absolute atomic E-state index is 0.0214. The first kappa shape index (κ1) is 21.0. The number of hydrogen-bond donors (Lipinski definition) is 2. The van der Waals surface area contributed by atoms with Crippen LogP contribution >= 0.6 is 0 Å². The van der Waals surface area contributed by atoms with E-state index in [9.17, 15) is 5.11 Å². The highest BCUT2D eigenvalue weighted by atomic mass is 19.1. The van der Waals surface area contributed by atoms with E-state index in [2.05, 4.69) is 25.5 Å². The van der Waals surface area contributed by atoms with Gasteiger partial charge in [-0.25, -0.2) is 14.4 Å². The van der Waals surface area contributed by atoms with E-state index in [1.165, 1.54) is 0 Å². The SMILES string of the molecule is CN(c1cnc(-c2ccc(-c3cnc4c(c3)OCO4)cc2O)nn1)[C@H]1C[C@@H]2CCC[C@H](N2)[C@H]1F. The van der Waals surface area contributed by atoms with Crippen LogP contribution in [-0.4, -0.2) is 63.4 Å². The standard InChI is InChI=1S/C24H25FN6O3/c1-31(18-9-15-3-2-4-17(28-15)22(18)25)21-11-26-23(30-29-21)16-6-5-13(7-19(16)32)14-8-20-24(27-10-14)34-12-33-20/h5-8,10-11,15,17-18,22,28,32H,2-4,9,12H2,1H3/t15-,17-,18-,22+/m0/s1. The molecule has 6 rings (SSSR count). The molecule has 2 N–H and O–H groups in total. The van der Waals surface area contributed by atoms with Crippen LogP contribution in [0, 0.1) is 0 Å². The van der Waals surface area contributed by atoms with Crippen molar-refractivity contribution in [1.29, 1.82) is 0 Å². The lowest BCUT2D eigenvalue weighted by Crippen LogP contribution is -2.61. The number of pyridine rings is 1. The van der Waals surface area contributed by atoms with E-state index in [1.807, 2.05) is 24.1 Å². The van der Waals surface area contributed by atoms with Crippen LogP contribution < -0.4 is 19.7 Å². The minimum Gasteiger partial charge on any atom is -0.507 e. The molecule has 1 aromatic carbocycles. The molecule has 0 unspecified atom stereocenters. The predicted octanol–water partition coefficient (Wildman–Crippen LogP) is 3.09. The maximum atomic E-state index is 15.1. The summed E-state index contributed by atoms with van der Waals surface area (Å²) in [7, 11) is 1.84. The number of piperidine rings is 2. The fraction of sp³-hybridized carbons (Fsp3) is 0.417. The number of halogens is 1. The van der Waals surface area contributed by atoms with Crippen molar-refractivity contribution >= 4 is 5.82 Å². The van der Waals surface area contributed by atoms with E-state index in [0.29, 0.717) is 34.9 Å². The van der Waals surface area contributed by atoms with Gasteiger partial charge in [0.15, 0.2) is 17.4 Å². The first-order valence-electron chi connectivity index (χ1n) is 11.5. The van der Waals surface area contributed by atoms with Crippen molar-refractivity contribution in [3.8, 4) is 39.9 Å². The van der Waals surface area contributed by atoms with Crippen molar-refractivity contribution in [3.63, 3.8) is 0 Å². The average Bonchev–Trinajstić information content (AvgIpc) is 3.34. The Morgan fingerprint density at radius 2 is 2.00 bits per heavy atom. The first-order chi connectivity index (χ1) is 16.6. The molecule has 0 radical (unpaired) electrons. The summed E-state index contributed by atoms with van der Waals surface area (Å²) in [6.07, 6.45) is 6.03. The molecule has 4 atom stereocenters. The van der Waals surface area contributed by atoms with Gasteiger partial charge in [0.05, 0.1) is 17.8 Å². The lowest BCUT2D eigenvalue weighted by atomic mass is 9.82. The number of phenolic OH excluding ortho intramolecular Hbond substituents is 1. The zero-order chi connectivity index (χ0) is 23.2. The summed E-state index contributed by atoms with van der Waals surface area (Å²) in [4.78, 5) is 10.5. The van der Waals surface area contributed by atoms with Gasteiger partial charge in [-0.05, 0) is 43.0 Å². The highest BCUT2D eigenvalue weighted by Gasteiger charge is 2.42. The maximum absolute atomic E-state index is 15.1. The molecule has 176 valence electrons. The number of nitrogens with one attached hydrogen (secondary N) is 1. The van der Waals surface area contributed by atoms with Crippen LogP contribution in [0.4, 0.5) is 10.2 Å². The molecule has 3 aromatic rings. The van der Waals surface area contributed by atoms with Crippen LogP contribution in [0.2, 0.25) is 0 Å². The molecule has 34 heavy (non-hydrogen) atoms. The molecule has 2 saturated heterocycles. The zero-order valence-corrected chi connectivity index (χ0v) is 18.7. The normalized spacial score (nSPS) is 25.2. The number of aromatic hydroxyl groups is 1. The van der Waals surface area contributed by atoms with E-state index in [1.54, 1.807) is 24.5 Å². The fourth-order valence-corrected chi connectivity index (χ4v) is 5.13. The Labute approximate surface area is 196 Å². The van der Waals surface area contributed by atoms with E-state index in [-0.39, 0.29) is 24.6 Å². The Bertz CT molecular complexity index is 1210. The second-order valence-electron chi connectivity index (χ2n) is 9.07. The minimum atomic E-state index is -0.967. The van der Waals surface area contributed by atoms with Gasteiger partial charge < -0.3 is 24.8 Å². The van der Waals surface area contributed by atoms with Gasteiger partial charge in [-0.3, -0.25) is 0 Å². The van der Waals surface area contributed by atoms with Gasteiger partial charge in [-0.15, -0.1) is 10.2 Å². The van der Waals surface area contributed by atoms with Gasteiger partial charge in [-0.1, -0.05) is 12.5 Å². The summed E-state index contributed by atoms with van der Waals surface area (Å²) in [6.45, 7) is 0.149. The summed E-state index contributed by atoms with van der Waals surface area (Å²) in [6, 6.07) is 7.00. The number of phenols is 1. The van der Waals surface area contributed by atoms with Crippen molar-refractivity contribution in [3.05, 3.63) is 36.7 Å². The quantitative estimate of drug-likeness (QED) is 0.602. The number of rotatable bonds is 4. The largest absolute Gasteiger partial charge is 0.507 e. The highest BCUT2D eigenvalue weighted by molar-refractivity contribution is 5.73. The molecule has 2 bridgehead atoms. The van der Waals surface area contributed by atoms with Gasteiger partial charge in [0.2, 0.25) is 6.79 Å². The van der Waals surface area contributed by atoms with Gasteiger partial charge in [0.1, 0.15) is 11.9 Å². The van der Waals surface area contributed by atoms with Crippen molar-refractivity contribution in [2.75, 3.05) is 18.7 Å². The molecule has 5 heterocycles. The lowest BCUT2D eigenvalue weighted by molar-refractivity contribution is 0.107. The lowest BCUT2D eigenvalue weighted by Gasteiger charge is -2.45. The Morgan fingerprint density at radius 1 is 1.09 bits per heavy atom. The van der Waals surface area contributed by atoms with Crippen LogP contribution in [0.25, 0.3) is 22.5 Å². The van der Waals surface area contributed by atoms with Crippen LogP contribution in [0.1, 0.15) is 25.7 Å². The third-order valence-corrected chi connectivity index (χ3v) is 7.00. The van der Waals surface area contributed by atoms with Gasteiger partial charge in [0.25, 0.3) is 5.88 Å². The number of benzene rings is 1. The first-order valence-corrected chi connectivity index (χ1v) is 11.5. The topological polar surface area (TPSA) is 106 Å². The van der Waals surface area contributed by atoms with Gasteiger partial charge in [0, 0.05) is 30.9 Å². The molecule has 2 aromatic heterocycles. The third-order valence-electron chi connectivity index (χ3n) is 7.00. The molecule has 3 aliphatic rings. The number of hydrogen-bond acceptors (Lipinski definition) is 9. The molecule has 0 aliphatic carbocycles. The number of alkyl halides is 1. The van der Waals surface area contributed by atoms with E-state index < -0.39 is 6.17 Å². The molecular formula is C24H25FN6O3. The van der Waals surface area contributed by atoms with Crippen LogP contribution in [0.3, 0.4) is 0 Å². The maximum Gasteiger partial charge on any atom is 0.260 e. The Kier molecular flexibility index (Phi) is 5.17. The highest BCUT2D eigenvalue weighted by Crippen LogP contribution is 2.37. The van der Waals surface area contributed by atoms with Crippen molar-refractivity contribution in [2.24, 2.45) is 0 Å². The summed E-state index contributed by atoms with van der Waals surface area (Å²) in [5, 5.41) is 22.6. The number of fused-ring (bicyclic) bond motifs is 3. The molecule has 9 nitrogen and oxygen atoms in total. The molecule has 0 saturated carbocycles. The van der Waals surface area contributed by atoms with E-state index in [4.69, 9.17) is 9.47 Å². The van der Waals surface area contributed by atoms with Gasteiger partial charge in [-0.2, -0.15) is 0 Å². The molecule has 0 spiro atoms. The molecular weight excluding hydrogens is 439 g/mol. The van der Waals surface area contributed by atoms with E-state index >= 15 is 4.39 Å². The van der Waals surface area contributed by atoms with Crippen molar-refractivity contribution in [2.45, 2.75) is 50.0 Å². The van der Waals surface area contributed by atoms with Crippen molar-refractivity contribution in [1.82, 2.24) is 25.5 Å². The number of anilines is 1. The summed E-state index contributed by atoms with van der Waals surface area (Å²) < 4.78 is 25.7. The molecule has 3 aliphatic heterocycles. The fourth-order valence-electron chi connectivity index (χ4n) is 5.13. The molecule has 2 fully saturated rings. The summed E-state index contributed by atoms with van der Waals surface area (Å²) >= 11 is 0. The van der Waals surface area contributed by atoms with Crippen molar-refractivity contribution < 1.29 is 19.0 Å². The number of aromatic nitrogens is 4. The van der Waals surface area contributed by atoms with E-state index in [0.717, 1.165) is 36.8 Å². The Morgan fingerprint density at radius 3 is 2.82 bits per heavy atom. The smallest absolute Gasteiger partial charge is 0.260 e. The Balaban J connectivity index is 1.21. The van der Waals surface area contributed by atoms with Crippen LogP contribution in [0.5, 0.6) is 17.4 Å². The predicted molar refractivity (Wildman–Crippen MR) is 123 cm³/mol.